The summed E-state index contributed by atoms with van der Waals surface area (Å²) < 4.78 is 43.3. The highest BCUT2D eigenvalue weighted by atomic mass is 19.4. The molecule has 0 spiro atoms. The average molecular weight is 443 g/mol. The van der Waals surface area contributed by atoms with Crippen molar-refractivity contribution in [1.29, 1.82) is 0 Å². The van der Waals surface area contributed by atoms with E-state index in [9.17, 15) is 22.8 Å². The van der Waals surface area contributed by atoms with Crippen molar-refractivity contribution in [2.75, 3.05) is 0 Å². The molecule has 0 radical (unpaired) electrons. The maximum atomic E-state index is 14.4. The molecule has 1 saturated carbocycles. The Bertz CT molecular complexity index is 1000. The van der Waals surface area contributed by atoms with Gasteiger partial charge in [0.05, 0.1) is 6.54 Å². The second-order valence-corrected chi connectivity index (χ2v) is 8.21. The van der Waals surface area contributed by atoms with Crippen molar-refractivity contribution in [1.82, 2.24) is 10.2 Å². The lowest BCUT2D eigenvalue weighted by Gasteiger charge is -2.31. The van der Waals surface area contributed by atoms with Crippen molar-refractivity contribution in [3.63, 3.8) is 0 Å². The molecule has 1 N–H and O–H groups in total. The predicted octanol–water partition coefficient (Wildman–Crippen LogP) is 4.43. The topological polar surface area (TPSA) is 61.8 Å². The van der Waals surface area contributed by atoms with Crippen LogP contribution in [0.4, 0.5) is 13.2 Å². The minimum atomic E-state index is -5.10. The van der Waals surface area contributed by atoms with Gasteiger partial charge in [-0.3, -0.25) is 14.5 Å². The Morgan fingerprint density at radius 2 is 1.59 bits per heavy atom. The van der Waals surface area contributed by atoms with Crippen LogP contribution in [-0.4, -0.2) is 34.4 Å². The SMILES string of the molecule is O=C(N[C@]1(C(F)(F)F)N=C(c2ccccc2)N(Cc2ccccc2)C1=O)C1CCCCC1. The molecule has 1 heterocycles. The molecule has 0 unspecified atom stereocenters. The number of alkyl halides is 3. The van der Waals surface area contributed by atoms with Gasteiger partial charge in [-0.25, -0.2) is 4.99 Å². The van der Waals surface area contributed by atoms with Crippen molar-refractivity contribution in [3.8, 4) is 0 Å². The summed E-state index contributed by atoms with van der Waals surface area (Å²) in [6.45, 7) is -0.0927. The number of nitrogens with one attached hydrogen (secondary N) is 1. The monoisotopic (exact) mass is 443 g/mol. The Balaban J connectivity index is 1.75. The number of hydrogen-bond donors (Lipinski definition) is 1. The maximum absolute atomic E-state index is 14.4. The first kappa shape index (κ1) is 22.0. The van der Waals surface area contributed by atoms with E-state index in [0.717, 1.165) is 24.2 Å². The molecule has 2 aliphatic rings. The predicted molar refractivity (Wildman–Crippen MR) is 113 cm³/mol. The van der Waals surface area contributed by atoms with Crippen LogP contribution in [0.1, 0.15) is 43.2 Å². The summed E-state index contributed by atoms with van der Waals surface area (Å²) in [6.07, 6.45) is -1.56. The maximum Gasteiger partial charge on any atom is 0.442 e. The van der Waals surface area contributed by atoms with Crippen LogP contribution in [0.25, 0.3) is 0 Å². The summed E-state index contributed by atoms with van der Waals surface area (Å²) in [6, 6.07) is 17.0. The minimum absolute atomic E-state index is 0.0927. The molecular formula is C24H24F3N3O2. The van der Waals surface area contributed by atoms with E-state index in [1.807, 2.05) is 5.32 Å². The van der Waals surface area contributed by atoms with Crippen molar-refractivity contribution in [2.45, 2.75) is 50.5 Å². The highest BCUT2D eigenvalue weighted by molar-refractivity contribution is 6.16. The molecule has 0 bridgehead atoms. The first-order valence-electron chi connectivity index (χ1n) is 10.7. The fraction of sp³-hybridized carbons (Fsp3) is 0.375. The van der Waals surface area contributed by atoms with E-state index >= 15 is 0 Å². The van der Waals surface area contributed by atoms with Gasteiger partial charge in [0.15, 0.2) is 0 Å². The quantitative estimate of drug-likeness (QED) is 0.743. The zero-order chi connectivity index (χ0) is 22.8. The molecular weight excluding hydrogens is 419 g/mol. The van der Waals surface area contributed by atoms with Gasteiger partial charge in [-0.1, -0.05) is 79.9 Å². The summed E-state index contributed by atoms with van der Waals surface area (Å²) in [4.78, 5) is 31.1. The number of amides is 2. The smallest absolute Gasteiger partial charge is 0.316 e. The molecule has 0 aromatic heterocycles. The zero-order valence-corrected chi connectivity index (χ0v) is 17.4. The summed E-state index contributed by atoms with van der Waals surface area (Å²) in [7, 11) is 0. The lowest BCUT2D eigenvalue weighted by atomic mass is 9.88. The third kappa shape index (κ3) is 4.13. The number of nitrogens with zero attached hydrogens (tertiary/aromatic N) is 2. The number of benzene rings is 2. The van der Waals surface area contributed by atoms with E-state index in [4.69, 9.17) is 0 Å². The van der Waals surface area contributed by atoms with Crippen LogP contribution < -0.4 is 5.32 Å². The zero-order valence-electron chi connectivity index (χ0n) is 17.4. The summed E-state index contributed by atoms with van der Waals surface area (Å²) in [5, 5.41) is 2.02. The molecule has 1 atom stereocenters. The third-order valence-electron chi connectivity index (χ3n) is 5.99. The van der Waals surface area contributed by atoms with Gasteiger partial charge in [0.1, 0.15) is 5.84 Å². The molecule has 32 heavy (non-hydrogen) atoms. The van der Waals surface area contributed by atoms with Gasteiger partial charge in [0.2, 0.25) is 5.91 Å². The van der Waals surface area contributed by atoms with Gasteiger partial charge >= 0.3 is 11.8 Å². The van der Waals surface area contributed by atoms with Crippen LogP contribution in [0.15, 0.2) is 65.7 Å². The summed E-state index contributed by atoms with van der Waals surface area (Å²) in [5.74, 6) is -2.72. The van der Waals surface area contributed by atoms with Crippen LogP contribution in [0.5, 0.6) is 0 Å². The molecule has 8 heteroatoms. The van der Waals surface area contributed by atoms with E-state index in [0.29, 0.717) is 24.0 Å². The largest absolute Gasteiger partial charge is 0.442 e. The number of rotatable bonds is 5. The minimum Gasteiger partial charge on any atom is -0.316 e. The highest BCUT2D eigenvalue weighted by Crippen LogP contribution is 2.39. The molecule has 2 aromatic carbocycles. The van der Waals surface area contributed by atoms with Gasteiger partial charge < -0.3 is 5.32 Å². The Labute approximate surface area is 184 Å². The number of carbonyl (C=O) groups excluding carboxylic acids is 2. The molecule has 5 nitrogen and oxygen atoms in total. The van der Waals surface area contributed by atoms with Gasteiger partial charge in [-0.2, -0.15) is 13.2 Å². The normalized spacial score (nSPS) is 22.0. The summed E-state index contributed by atoms with van der Waals surface area (Å²) in [5.41, 5.74) is -2.31. The summed E-state index contributed by atoms with van der Waals surface area (Å²) >= 11 is 0. The first-order valence-corrected chi connectivity index (χ1v) is 10.7. The third-order valence-corrected chi connectivity index (χ3v) is 5.99. The van der Waals surface area contributed by atoms with E-state index in [1.54, 1.807) is 60.7 Å². The molecule has 0 saturated heterocycles. The second kappa shape index (κ2) is 8.76. The van der Waals surface area contributed by atoms with E-state index in [-0.39, 0.29) is 12.4 Å². The van der Waals surface area contributed by atoms with Crippen LogP contribution >= 0.6 is 0 Å². The number of carbonyl (C=O) groups is 2. The van der Waals surface area contributed by atoms with Gasteiger partial charge in [0.25, 0.3) is 5.91 Å². The second-order valence-electron chi connectivity index (χ2n) is 8.21. The number of hydrogen-bond acceptors (Lipinski definition) is 3. The fourth-order valence-electron chi connectivity index (χ4n) is 4.26. The van der Waals surface area contributed by atoms with Gasteiger partial charge in [-0.05, 0) is 18.4 Å². The lowest BCUT2D eigenvalue weighted by Crippen LogP contribution is -2.64. The van der Waals surface area contributed by atoms with Crippen molar-refractivity contribution in [2.24, 2.45) is 10.9 Å². The molecule has 1 aliphatic heterocycles. The van der Waals surface area contributed by atoms with Crippen molar-refractivity contribution >= 4 is 17.6 Å². The standard InChI is InChI=1S/C24H24F3N3O2/c25-24(26,27)23(29-21(31)19-14-8-3-9-15-19)22(32)30(16-17-10-4-1-5-11-17)20(28-23)18-12-6-2-7-13-18/h1-2,4-7,10-13,19H,3,8-9,14-16H2,(H,29,31)/t23-/m1/s1. The van der Waals surface area contributed by atoms with Gasteiger partial charge in [0, 0.05) is 11.5 Å². The van der Waals surface area contributed by atoms with E-state index in [1.165, 1.54) is 0 Å². The molecule has 2 aromatic rings. The van der Waals surface area contributed by atoms with Crippen LogP contribution in [0.3, 0.4) is 0 Å². The van der Waals surface area contributed by atoms with Gasteiger partial charge in [-0.15, -0.1) is 0 Å². The first-order chi connectivity index (χ1) is 15.3. The Kier molecular flexibility index (Phi) is 6.04. The van der Waals surface area contributed by atoms with E-state index < -0.39 is 29.6 Å². The Hall–Kier alpha value is -3.16. The van der Waals surface area contributed by atoms with Crippen molar-refractivity contribution in [3.05, 3.63) is 71.8 Å². The van der Waals surface area contributed by atoms with Crippen LogP contribution in [-0.2, 0) is 16.1 Å². The van der Waals surface area contributed by atoms with Crippen LogP contribution in [0, 0.1) is 5.92 Å². The fourth-order valence-corrected chi connectivity index (χ4v) is 4.26. The van der Waals surface area contributed by atoms with Crippen molar-refractivity contribution < 1.29 is 22.8 Å². The molecule has 1 aliphatic carbocycles. The Morgan fingerprint density at radius 1 is 1.00 bits per heavy atom. The molecule has 2 amide bonds. The average Bonchev–Trinajstić information content (AvgIpc) is 3.08. The molecule has 1 fully saturated rings. The molecule has 168 valence electrons. The number of halogens is 3. The van der Waals surface area contributed by atoms with Crippen LogP contribution in [0.2, 0.25) is 0 Å². The number of amidine groups is 1. The lowest BCUT2D eigenvalue weighted by molar-refractivity contribution is -0.201. The van der Waals surface area contributed by atoms with E-state index in [2.05, 4.69) is 4.99 Å². The highest BCUT2D eigenvalue weighted by Gasteiger charge is 2.67. The molecule has 4 rings (SSSR count). The Morgan fingerprint density at radius 3 is 2.19 bits per heavy atom. The number of aliphatic imine (C=N–C) groups is 1.